The summed E-state index contributed by atoms with van der Waals surface area (Å²) in [4.78, 5) is 7.29. The van der Waals surface area contributed by atoms with E-state index in [1.165, 1.54) is 33.3 Å². The number of aryl methyl sites for hydroxylation is 1. The first-order chi connectivity index (χ1) is 12.1. The third-order valence-corrected chi connectivity index (χ3v) is 5.50. The predicted molar refractivity (Wildman–Crippen MR) is 112 cm³/mol. The number of hydrogen-bond acceptors (Lipinski definition) is 2. The number of halogens is 1. The van der Waals surface area contributed by atoms with Crippen molar-refractivity contribution in [2.24, 2.45) is 5.92 Å². The van der Waals surface area contributed by atoms with Crippen LogP contribution in [-0.2, 0) is 19.5 Å². The Morgan fingerprint density at radius 1 is 1.08 bits per heavy atom. The second-order valence-electron chi connectivity index (χ2n) is 7.69. The molecule has 1 aromatic carbocycles. The fourth-order valence-corrected chi connectivity index (χ4v) is 4.08. The summed E-state index contributed by atoms with van der Waals surface area (Å²) < 4.78 is 2.48. The molecule has 3 aromatic rings. The van der Waals surface area contributed by atoms with Gasteiger partial charge in [-0.05, 0) is 48.9 Å². The molecule has 4 rings (SSSR count). The molecule has 0 spiro atoms. The van der Waals surface area contributed by atoms with Crippen molar-refractivity contribution in [2.45, 2.75) is 47.2 Å². The van der Waals surface area contributed by atoms with E-state index in [4.69, 9.17) is 4.98 Å². The number of hydrogen-bond donors (Lipinski definition) is 0. The van der Waals surface area contributed by atoms with Crippen molar-refractivity contribution in [3.63, 3.8) is 0 Å². The Balaban J connectivity index is 0.00000196. The van der Waals surface area contributed by atoms with Crippen LogP contribution in [0.2, 0.25) is 0 Å². The monoisotopic (exact) mass is 369 g/mol. The quantitative estimate of drug-likeness (QED) is 0.625. The van der Waals surface area contributed by atoms with E-state index >= 15 is 0 Å². The van der Waals surface area contributed by atoms with Crippen LogP contribution in [0.4, 0.5) is 5.82 Å². The summed E-state index contributed by atoms with van der Waals surface area (Å²) in [6.45, 7) is 12.1. The molecule has 4 heteroatoms. The average molecular weight is 370 g/mol. The molecule has 1 aliphatic heterocycles. The molecule has 2 aromatic heterocycles. The van der Waals surface area contributed by atoms with Crippen LogP contribution in [0, 0.1) is 19.8 Å². The molecule has 0 N–H and O–H groups in total. The van der Waals surface area contributed by atoms with Gasteiger partial charge in [0.25, 0.3) is 0 Å². The fraction of sp³-hybridized carbons (Fsp3) is 0.409. The predicted octanol–water partition coefficient (Wildman–Crippen LogP) is 5.29. The van der Waals surface area contributed by atoms with Crippen molar-refractivity contribution in [1.29, 1.82) is 0 Å². The van der Waals surface area contributed by atoms with Gasteiger partial charge in [-0.2, -0.15) is 0 Å². The van der Waals surface area contributed by atoms with Crippen LogP contribution < -0.4 is 4.90 Å². The van der Waals surface area contributed by atoms with Crippen LogP contribution in [0.5, 0.6) is 0 Å². The summed E-state index contributed by atoms with van der Waals surface area (Å²) in [5.41, 5.74) is 6.98. The molecule has 0 amide bonds. The van der Waals surface area contributed by atoms with E-state index in [1.807, 2.05) is 6.20 Å². The fourth-order valence-electron chi connectivity index (χ4n) is 4.08. The Morgan fingerprint density at radius 2 is 1.81 bits per heavy atom. The third kappa shape index (κ3) is 3.09. The van der Waals surface area contributed by atoms with Crippen molar-refractivity contribution in [3.8, 4) is 0 Å². The Bertz CT molecular complexity index is 927. The molecule has 3 nitrogen and oxygen atoms in total. The highest BCUT2D eigenvalue weighted by Gasteiger charge is 2.22. The largest absolute Gasteiger partial charge is 0.350 e. The smallest absolute Gasteiger partial charge is 0.153 e. The lowest BCUT2D eigenvalue weighted by Gasteiger charge is -2.30. The first-order valence-electron chi connectivity index (χ1n) is 9.32. The van der Waals surface area contributed by atoms with Crippen molar-refractivity contribution in [3.05, 3.63) is 58.9 Å². The van der Waals surface area contributed by atoms with Crippen LogP contribution in [0.3, 0.4) is 0 Å². The zero-order valence-corrected chi connectivity index (χ0v) is 16.9. The minimum Gasteiger partial charge on any atom is -0.350 e. The van der Waals surface area contributed by atoms with Gasteiger partial charge < -0.3 is 9.47 Å². The molecule has 3 heterocycles. The van der Waals surface area contributed by atoms with Gasteiger partial charge in [-0.25, -0.2) is 4.98 Å². The Morgan fingerprint density at radius 3 is 2.54 bits per heavy atom. The first kappa shape index (κ1) is 18.8. The van der Waals surface area contributed by atoms with Gasteiger partial charge in [0.15, 0.2) is 5.82 Å². The molecule has 0 atom stereocenters. The van der Waals surface area contributed by atoms with Gasteiger partial charge >= 0.3 is 0 Å². The zero-order valence-electron chi connectivity index (χ0n) is 16.1. The summed E-state index contributed by atoms with van der Waals surface area (Å²) in [7, 11) is 0. The number of benzene rings is 1. The highest BCUT2D eigenvalue weighted by atomic mass is 35.5. The summed E-state index contributed by atoms with van der Waals surface area (Å²) >= 11 is 0. The minimum atomic E-state index is 0. The molecule has 138 valence electrons. The number of rotatable bonds is 3. The van der Waals surface area contributed by atoms with Crippen molar-refractivity contribution >= 4 is 29.1 Å². The molecule has 0 bridgehead atoms. The van der Waals surface area contributed by atoms with Gasteiger partial charge in [0.05, 0.1) is 5.52 Å². The van der Waals surface area contributed by atoms with E-state index in [2.05, 4.69) is 67.5 Å². The van der Waals surface area contributed by atoms with Gasteiger partial charge in [-0.15, -0.1) is 12.4 Å². The topological polar surface area (TPSA) is 21.1 Å². The number of pyridine rings is 1. The highest BCUT2D eigenvalue weighted by molar-refractivity contribution is 5.93. The van der Waals surface area contributed by atoms with Crippen LogP contribution in [-0.4, -0.2) is 16.1 Å². The van der Waals surface area contributed by atoms with E-state index in [1.54, 1.807) is 0 Å². The minimum absolute atomic E-state index is 0. The first-order valence-corrected chi connectivity index (χ1v) is 9.32. The summed E-state index contributed by atoms with van der Waals surface area (Å²) in [5, 5.41) is 1.35. The van der Waals surface area contributed by atoms with Crippen LogP contribution in [0.25, 0.3) is 10.9 Å². The second-order valence-corrected chi connectivity index (χ2v) is 7.69. The molecular formula is C22H28ClN3. The average Bonchev–Trinajstić information content (AvgIpc) is 2.86. The van der Waals surface area contributed by atoms with E-state index in [9.17, 15) is 0 Å². The second kappa shape index (κ2) is 7.32. The maximum atomic E-state index is 4.83. The maximum absolute atomic E-state index is 4.83. The lowest BCUT2D eigenvalue weighted by atomic mass is 10.00. The van der Waals surface area contributed by atoms with Crippen molar-refractivity contribution < 1.29 is 0 Å². The lowest BCUT2D eigenvalue weighted by Crippen LogP contribution is -2.31. The summed E-state index contributed by atoms with van der Waals surface area (Å²) in [5.74, 6) is 1.76. The number of anilines is 1. The van der Waals surface area contributed by atoms with Gasteiger partial charge in [0, 0.05) is 36.9 Å². The van der Waals surface area contributed by atoms with Gasteiger partial charge in [-0.3, -0.25) is 0 Å². The van der Waals surface area contributed by atoms with E-state index in [-0.39, 0.29) is 12.4 Å². The molecule has 26 heavy (non-hydrogen) atoms. The van der Waals surface area contributed by atoms with Gasteiger partial charge in [-0.1, -0.05) is 38.1 Å². The molecule has 0 saturated heterocycles. The van der Waals surface area contributed by atoms with Crippen molar-refractivity contribution in [2.75, 3.05) is 11.4 Å². The van der Waals surface area contributed by atoms with E-state index < -0.39 is 0 Å². The molecule has 1 aliphatic rings. The van der Waals surface area contributed by atoms with E-state index in [0.717, 1.165) is 31.9 Å². The van der Waals surface area contributed by atoms with Gasteiger partial charge in [0.2, 0.25) is 0 Å². The van der Waals surface area contributed by atoms with Crippen LogP contribution in [0.1, 0.15) is 36.2 Å². The third-order valence-electron chi connectivity index (χ3n) is 5.50. The standard InChI is InChI=1S/C22H27N3.ClH/c1-15(2)13-25-17(4)16(3)20-9-11-23-22(21(20)25)24-12-10-18-7-5-6-8-19(18)14-24;/h5-9,11,15H,10,12-14H2,1-4H3;1H. The van der Waals surface area contributed by atoms with Gasteiger partial charge in [0.1, 0.15) is 0 Å². The van der Waals surface area contributed by atoms with Crippen LogP contribution in [0.15, 0.2) is 36.5 Å². The molecule has 0 fully saturated rings. The number of aromatic nitrogens is 2. The SMILES string of the molecule is Cc1c(C)n(CC(C)C)c2c(N3CCc4ccccc4C3)nccc12.Cl. The molecule has 0 radical (unpaired) electrons. The summed E-state index contributed by atoms with van der Waals surface area (Å²) in [6, 6.07) is 11.0. The Hall–Kier alpha value is -2.00. The molecule has 0 saturated carbocycles. The number of fused-ring (bicyclic) bond motifs is 2. The van der Waals surface area contributed by atoms with Crippen LogP contribution >= 0.6 is 12.4 Å². The highest BCUT2D eigenvalue weighted by Crippen LogP contribution is 2.34. The molecule has 0 aliphatic carbocycles. The van der Waals surface area contributed by atoms with Crippen molar-refractivity contribution in [1.82, 2.24) is 9.55 Å². The van der Waals surface area contributed by atoms with E-state index in [0.29, 0.717) is 5.92 Å². The normalized spacial score (nSPS) is 13.8. The molecule has 0 unspecified atom stereocenters. The number of nitrogens with zero attached hydrogens (tertiary/aromatic N) is 3. The Labute approximate surface area is 162 Å². The maximum Gasteiger partial charge on any atom is 0.153 e. The Kier molecular flexibility index (Phi) is 5.29. The summed E-state index contributed by atoms with van der Waals surface area (Å²) in [6.07, 6.45) is 3.07. The zero-order chi connectivity index (χ0) is 17.6. The molecular weight excluding hydrogens is 342 g/mol. The lowest BCUT2D eigenvalue weighted by molar-refractivity contribution is 0.526.